The predicted octanol–water partition coefficient (Wildman–Crippen LogP) is 3.26. The number of carbonyl (C=O) groups excluding carboxylic acids is 1. The Balaban J connectivity index is 1.46. The third-order valence-corrected chi connectivity index (χ3v) is 4.21. The molecule has 0 bridgehead atoms. The Hall–Kier alpha value is -2.83. The number of rotatable bonds is 5. The number of amides is 2. The molecule has 26 heavy (non-hydrogen) atoms. The van der Waals surface area contributed by atoms with E-state index in [0.717, 1.165) is 30.0 Å². The number of hydrogen-bond acceptors (Lipinski definition) is 5. The molecule has 7 nitrogen and oxygen atoms in total. The molecule has 138 valence electrons. The lowest BCUT2D eigenvalue weighted by Crippen LogP contribution is -2.43. The van der Waals surface area contributed by atoms with Crippen LogP contribution >= 0.6 is 0 Å². The number of carbonyl (C=O) groups is 1. The third kappa shape index (κ3) is 4.84. The maximum absolute atomic E-state index is 12.4. The average molecular weight is 356 g/mol. The highest BCUT2D eigenvalue weighted by molar-refractivity contribution is 5.89. The molecule has 1 aromatic heterocycles. The van der Waals surface area contributed by atoms with Crippen molar-refractivity contribution in [2.24, 2.45) is 0 Å². The van der Waals surface area contributed by atoms with Crippen LogP contribution in [0.3, 0.4) is 0 Å². The van der Waals surface area contributed by atoms with Crippen LogP contribution in [0.15, 0.2) is 36.4 Å². The summed E-state index contributed by atoms with van der Waals surface area (Å²) >= 11 is 0. The molecule has 3 rings (SSSR count). The van der Waals surface area contributed by atoms with Crippen molar-refractivity contribution < 1.29 is 14.3 Å². The molecule has 0 aliphatic carbocycles. The molecular formula is C19H24N4O3. The van der Waals surface area contributed by atoms with E-state index in [4.69, 9.17) is 9.47 Å². The van der Waals surface area contributed by atoms with Crippen LogP contribution in [0.25, 0.3) is 0 Å². The number of aryl methyl sites for hydroxylation is 1. The van der Waals surface area contributed by atoms with E-state index in [1.807, 2.05) is 50.2 Å². The second-order valence-corrected chi connectivity index (χ2v) is 6.20. The molecule has 0 saturated carbocycles. The summed E-state index contributed by atoms with van der Waals surface area (Å²) in [6.45, 7) is 5.74. The smallest absolute Gasteiger partial charge is 0.321 e. The number of benzene rings is 1. The lowest BCUT2D eigenvalue weighted by atomic mass is 10.1. The third-order valence-electron chi connectivity index (χ3n) is 4.21. The van der Waals surface area contributed by atoms with Crippen LogP contribution in [0.2, 0.25) is 0 Å². The fourth-order valence-corrected chi connectivity index (χ4v) is 2.80. The van der Waals surface area contributed by atoms with Crippen molar-refractivity contribution in [3.8, 4) is 11.6 Å². The molecule has 1 fully saturated rings. The summed E-state index contributed by atoms with van der Waals surface area (Å²) in [4.78, 5) is 14.2. The van der Waals surface area contributed by atoms with E-state index in [2.05, 4.69) is 15.5 Å². The maximum Gasteiger partial charge on any atom is 0.321 e. The van der Waals surface area contributed by atoms with Crippen molar-refractivity contribution in [2.45, 2.75) is 32.8 Å². The van der Waals surface area contributed by atoms with Gasteiger partial charge in [-0.1, -0.05) is 0 Å². The number of anilines is 1. The number of aromatic nitrogens is 2. The van der Waals surface area contributed by atoms with E-state index in [-0.39, 0.29) is 12.1 Å². The van der Waals surface area contributed by atoms with Gasteiger partial charge < -0.3 is 19.7 Å². The van der Waals surface area contributed by atoms with Gasteiger partial charge in [-0.3, -0.25) is 0 Å². The fourth-order valence-electron chi connectivity index (χ4n) is 2.80. The molecule has 0 radical (unpaired) electrons. The molecule has 2 amide bonds. The van der Waals surface area contributed by atoms with Gasteiger partial charge >= 0.3 is 6.03 Å². The molecule has 0 spiro atoms. The van der Waals surface area contributed by atoms with Crippen LogP contribution in [0.1, 0.15) is 25.5 Å². The molecule has 1 saturated heterocycles. The first-order valence-corrected chi connectivity index (χ1v) is 8.90. The van der Waals surface area contributed by atoms with Gasteiger partial charge in [-0.2, -0.15) is 5.10 Å². The Morgan fingerprint density at radius 3 is 2.50 bits per heavy atom. The number of urea groups is 1. The number of ether oxygens (including phenoxy) is 2. The van der Waals surface area contributed by atoms with Crippen molar-refractivity contribution in [1.29, 1.82) is 0 Å². The minimum atomic E-state index is -0.0947. The Bertz CT molecular complexity index is 711. The quantitative estimate of drug-likeness (QED) is 0.890. The van der Waals surface area contributed by atoms with Gasteiger partial charge in [-0.25, -0.2) is 4.79 Å². The molecule has 1 aromatic carbocycles. The summed E-state index contributed by atoms with van der Waals surface area (Å²) in [6, 6.07) is 11.0. The molecule has 0 unspecified atom stereocenters. The van der Waals surface area contributed by atoms with E-state index in [0.29, 0.717) is 25.6 Å². The maximum atomic E-state index is 12.4. The summed E-state index contributed by atoms with van der Waals surface area (Å²) in [5, 5.41) is 10.9. The Morgan fingerprint density at radius 1 is 1.15 bits per heavy atom. The highest BCUT2D eigenvalue weighted by atomic mass is 16.5. The number of likely N-dealkylation sites (tertiary alicyclic amines) is 1. The highest BCUT2D eigenvalue weighted by Crippen LogP contribution is 2.19. The Kier molecular flexibility index (Phi) is 5.88. The van der Waals surface area contributed by atoms with E-state index in [1.165, 1.54) is 0 Å². The summed E-state index contributed by atoms with van der Waals surface area (Å²) in [5.41, 5.74) is 1.62. The SMILES string of the molecule is CCOc1ccc(NC(=O)N2CCC(Oc3ccc(C)nn3)CC2)cc1. The Morgan fingerprint density at radius 2 is 1.88 bits per heavy atom. The van der Waals surface area contributed by atoms with E-state index < -0.39 is 0 Å². The van der Waals surface area contributed by atoms with Crippen LogP contribution < -0.4 is 14.8 Å². The number of nitrogens with zero attached hydrogens (tertiary/aromatic N) is 3. The number of hydrogen-bond donors (Lipinski definition) is 1. The zero-order valence-corrected chi connectivity index (χ0v) is 15.1. The van der Waals surface area contributed by atoms with Crippen LogP contribution in [-0.2, 0) is 0 Å². The monoisotopic (exact) mass is 356 g/mol. The van der Waals surface area contributed by atoms with Gasteiger partial charge in [0.05, 0.1) is 12.3 Å². The van der Waals surface area contributed by atoms with Crippen LogP contribution in [0.4, 0.5) is 10.5 Å². The van der Waals surface area contributed by atoms with Crippen LogP contribution in [0.5, 0.6) is 11.6 Å². The number of piperidine rings is 1. The molecule has 7 heteroatoms. The fraction of sp³-hybridized carbons (Fsp3) is 0.421. The van der Waals surface area contributed by atoms with Crippen LogP contribution in [0, 0.1) is 6.92 Å². The average Bonchev–Trinajstić information content (AvgIpc) is 2.66. The van der Waals surface area contributed by atoms with Gasteiger partial charge in [0.25, 0.3) is 0 Å². The van der Waals surface area contributed by atoms with Gasteiger partial charge in [0, 0.05) is 37.7 Å². The molecule has 2 heterocycles. The van der Waals surface area contributed by atoms with Crippen molar-refractivity contribution >= 4 is 11.7 Å². The van der Waals surface area contributed by atoms with Gasteiger partial charge in [-0.05, 0) is 44.2 Å². The molecular weight excluding hydrogens is 332 g/mol. The standard InChI is InChI=1S/C19H24N4O3/c1-3-25-16-7-5-15(6-8-16)20-19(24)23-12-10-17(11-13-23)26-18-9-4-14(2)21-22-18/h4-9,17H,3,10-13H2,1-2H3,(H,20,24). The second-order valence-electron chi connectivity index (χ2n) is 6.20. The summed E-state index contributed by atoms with van der Waals surface area (Å²) < 4.78 is 11.2. The predicted molar refractivity (Wildman–Crippen MR) is 98.6 cm³/mol. The summed E-state index contributed by atoms with van der Waals surface area (Å²) in [5.74, 6) is 1.33. The topological polar surface area (TPSA) is 76.6 Å². The van der Waals surface area contributed by atoms with Crippen molar-refractivity contribution in [3.63, 3.8) is 0 Å². The van der Waals surface area contributed by atoms with Gasteiger partial charge in [0.2, 0.25) is 5.88 Å². The Labute approximate surface area is 153 Å². The lowest BCUT2D eigenvalue weighted by molar-refractivity contribution is 0.110. The molecule has 1 aliphatic rings. The lowest BCUT2D eigenvalue weighted by Gasteiger charge is -2.31. The zero-order chi connectivity index (χ0) is 18.4. The summed E-state index contributed by atoms with van der Waals surface area (Å²) in [6.07, 6.45) is 1.60. The minimum Gasteiger partial charge on any atom is -0.494 e. The number of nitrogens with one attached hydrogen (secondary N) is 1. The normalized spacial score (nSPS) is 14.8. The van der Waals surface area contributed by atoms with Gasteiger partial charge in [-0.15, -0.1) is 5.10 Å². The van der Waals surface area contributed by atoms with E-state index in [9.17, 15) is 4.79 Å². The molecule has 1 N–H and O–H groups in total. The van der Waals surface area contributed by atoms with Gasteiger partial charge in [0.1, 0.15) is 11.9 Å². The van der Waals surface area contributed by atoms with Crippen LogP contribution in [-0.4, -0.2) is 46.9 Å². The van der Waals surface area contributed by atoms with Gasteiger partial charge in [0.15, 0.2) is 0 Å². The van der Waals surface area contributed by atoms with Crippen molar-refractivity contribution in [1.82, 2.24) is 15.1 Å². The molecule has 2 aromatic rings. The molecule has 0 atom stereocenters. The van der Waals surface area contributed by atoms with Crippen molar-refractivity contribution in [3.05, 3.63) is 42.1 Å². The zero-order valence-electron chi connectivity index (χ0n) is 15.1. The first kappa shape index (κ1) is 18.0. The first-order chi connectivity index (χ1) is 12.6. The summed E-state index contributed by atoms with van der Waals surface area (Å²) in [7, 11) is 0. The first-order valence-electron chi connectivity index (χ1n) is 8.90. The largest absolute Gasteiger partial charge is 0.494 e. The van der Waals surface area contributed by atoms with E-state index in [1.54, 1.807) is 4.90 Å². The second kappa shape index (κ2) is 8.51. The van der Waals surface area contributed by atoms with Crippen molar-refractivity contribution in [2.75, 3.05) is 25.0 Å². The van der Waals surface area contributed by atoms with E-state index >= 15 is 0 Å². The molecule has 1 aliphatic heterocycles. The highest BCUT2D eigenvalue weighted by Gasteiger charge is 2.24. The minimum absolute atomic E-state index is 0.0570.